The number of benzene rings is 2. The van der Waals surface area contributed by atoms with E-state index in [1.807, 2.05) is 12.1 Å². The molecular formula is C29H32F4N4O. The van der Waals surface area contributed by atoms with Gasteiger partial charge >= 0.3 is 12.2 Å². The Morgan fingerprint density at radius 1 is 1.16 bits per heavy atom. The summed E-state index contributed by atoms with van der Waals surface area (Å²) >= 11 is 0. The number of halogens is 4. The van der Waals surface area contributed by atoms with Crippen molar-refractivity contribution in [1.29, 1.82) is 5.26 Å². The van der Waals surface area contributed by atoms with Gasteiger partial charge in [-0.1, -0.05) is 12.1 Å². The van der Waals surface area contributed by atoms with Crippen molar-refractivity contribution in [2.75, 3.05) is 25.0 Å². The highest BCUT2D eigenvalue weighted by Gasteiger charge is 2.58. The van der Waals surface area contributed by atoms with Crippen molar-refractivity contribution in [2.24, 2.45) is 11.8 Å². The SMILES string of the molecule is N#Cc1cccc([C@]23CC[C@@H](N(CCC4CCNCC4)C(=O)Nc4ccc(F)c(C(F)(F)F)c4)C[C@H]2C3)c1. The summed E-state index contributed by atoms with van der Waals surface area (Å²) in [6, 6.07) is 12.1. The first-order valence-electron chi connectivity index (χ1n) is 13.4. The van der Waals surface area contributed by atoms with E-state index in [4.69, 9.17) is 0 Å². The Balaban J connectivity index is 1.31. The number of anilines is 1. The zero-order valence-electron chi connectivity index (χ0n) is 21.2. The Morgan fingerprint density at radius 3 is 2.66 bits per heavy atom. The molecule has 38 heavy (non-hydrogen) atoms. The second kappa shape index (κ2) is 10.6. The molecular weight excluding hydrogens is 496 g/mol. The summed E-state index contributed by atoms with van der Waals surface area (Å²) in [6.45, 7) is 2.42. The van der Waals surface area contributed by atoms with Crippen LogP contribution in [0.4, 0.5) is 28.0 Å². The number of fused-ring (bicyclic) bond motifs is 1. The smallest absolute Gasteiger partial charge is 0.322 e. The van der Waals surface area contributed by atoms with Gasteiger partial charge in [0, 0.05) is 18.3 Å². The molecule has 3 atom stereocenters. The van der Waals surface area contributed by atoms with Gasteiger partial charge in [0.05, 0.1) is 17.2 Å². The number of hydrogen-bond acceptors (Lipinski definition) is 3. The second-order valence-corrected chi connectivity index (χ2v) is 11.0. The number of carbonyl (C=O) groups is 1. The predicted molar refractivity (Wildman–Crippen MR) is 136 cm³/mol. The maximum Gasteiger partial charge on any atom is 0.419 e. The summed E-state index contributed by atoms with van der Waals surface area (Å²) in [4.78, 5) is 15.3. The Bertz CT molecular complexity index is 1220. The van der Waals surface area contributed by atoms with Crippen molar-refractivity contribution in [3.05, 3.63) is 65.0 Å². The molecule has 2 amide bonds. The Hall–Kier alpha value is -3.12. The number of carbonyl (C=O) groups excluding carboxylic acids is 1. The van der Waals surface area contributed by atoms with Crippen LogP contribution in [0.3, 0.4) is 0 Å². The predicted octanol–water partition coefficient (Wildman–Crippen LogP) is 6.45. The standard InChI is InChI=1S/C29H32F4N4O/c30-26-5-4-23(16-25(26)29(31,32)33)36-27(38)37(13-9-19-7-11-35-12-8-19)24-6-10-28(17-22(28)15-24)21-3-1-2-20(14-21)18-34/h1-5,14,16,19,22,24,35H,6-13,15,17H2,(H,36,38)/t22-,24+,28+/m0/s1. The van der Waals surface area contributed by atoms with Crippen LogP contribution in [-0.2, 0) is 11.6 Å². The van der Waals surface area contributed by atoms with Gasteiger partial charge in [0.1, 0.15) is 5.82 Å². The topological polar surface area (TPSA) is 68.2 Å². The van der Waals surface area contributed by atoms with Crippen molar-refractivity contribution in [2.45, 2.75) is 62.6 Å². The van der Waals surface area contributed by atoms with Crippen molar-refractivity contribution in [1.82, 2.24) is 10.2 Å². The maximum absolute atomic E-state index is 13.8. The molecule has 5 nitrogen and oxygen atoms in total. The lowest BCUT2D eigenvalue weighted by Gasteiger charge is -2.38. The highest BCUT2D eigenvalue weighted by atomic mass is 19.4. The summed E-state index contributed by atoms with van der Waals surface area (Å²) < 4.78 is 53.5. The van der Waals surface area contributed by atoms with E-state index in [0.29, 0.717) is 30.0 Å². The molecule has 2 aromatic carbocycles. The highest BCUT2D eigenvalue weighted by Crippen LogP contribution is 2.63. The van der Waals surface area contributed by atoms with Crippen molar-refractivity contribution in [3.8, 4) is 6.07 Å². The molecule has 2 N–H and O–H groups in total. The van der Waals surface area contributed by atoms with E-state index >= 15 is 0 Å². The average molecular weight is 529 g/mol. The lowest BCUT2D eigenvalue weighted by Crippen LogP contribution is -2.46. The minimum absolute atomic E-state index is 0.0287. The van der Waals surface area contributed by atoms with Crippen LogP contribution in [0.2, 0.25) is 0 Å². The van der Waals surface area contributed by atoms with Gasteiger partial charge in [-0.15, -0.1) is 0 Å². The fourth-order valence-electron chi connectivity index (χ4n) is 6.50. The monoisotopic (exact) mass is 528 g/mol. The molecule has 5 rings (SSSR count). The van der Waals surface area contributed by atoms with Crippen LogP contribution in [-0.4, -0.2) is 36.6 Å². The summed E-state index contributed by atoms with van der Waals surface area (Å²) in [5.74, 6) is -0.477. The van der Waals surface area contributed by atoms with Gasteiger partial charge in [0.15, 0.2) is 0 Å². The zero-order chi connectivity index (χ0) is 26.9. The molecule has 1 saturated heterocycles. The third-order valence-electron chi connectivity index (χ3n) is 8.74. The van der Waals surface area contributed by atoms with Crippen LogP contribution in [0.1, 0.15) is 61.6 Å². The number of urea groups is 1. The van der Waals surface area contributed by atoms with Crippen molar-refractivity contribution >= 4 is 11.7 Å². The molecule has 0 radical (unpaired) electrons. The number of piperidine rings is 1. The van der Waals surface area contributed by atoms with E-state index in [1.54, 1.807) is 11.0 Å². The Morgan fingerprint density at radius 2 is 1.95 bits per heavy atom. The molecule has 2 aliphatic carbocycles. The summed E-state index contributed by atoms with van der Waals surface area (Å²) in [6.07, 6.45) is 1.56. The van der Waals surface area contributed by atoms with Crippen LogP contribution in [0.15, 0.2) is 42.5 Å². The largest absolute Gasteiger partial charge is 0.419 e. The maximum atomic E-state index is 13.8. The number of amides is 2. The van der Waals surface area contributed by atoms with Gasteiger partial charge in [0.2, 0.25) is 0 Å². The Labute approximate surface area is 220 Å². The number of rotatable bonds is 6. The van der Waals surface area contributed by atoms with Crippen molar-refractivity contribution < 1.29 is 22.4 Å². The van der Waals surface area contributed by atoms with E-state index in [1.165, 1.54) is 11.6 Å². The van der Waals surface area contributed by atoms with Gasteiger partial charge in [-0.2, -0.15) is 18.4 Å². The molecule has 2 saturated carbocycles. The first kappa shape index (κ1) is 26.5. The van der Waals surface area contributed by atoms with Crippen LogP contribution < -0.4 is 10.6 Å². The molecule has 202 valence electrons. The molecule has 1 heterocycles. The first-order chi connectivity index (χ1) is 18.2. The number of nitrogens with zero attached hydrogens (tertiary/aromatic N) is 2. The van der Waals surface area contributed by atoms with Crippen LogP contribution in [0.25, 0.3) is 0 Å². The fraction of sp³-hybridized carbons (Fsp3) is 0.517. The summed E-state index contributed by atoms with van der Waals surface area (Å²) in [7, 11) is 0. The molecule has 0 spiro atoms. The molecule has 0 bridgehead atoms. The van der Waals surface area contributed by atoms with Crippen LogP contribution in [0, 0.1) is 29.0 Å². The van der Waals surface area contributed by atoms with E-state index in [9.17, 15) is 27.6 Å². The molecule has 9 heteroatoms. The number of nitriles is 1. The number of hydrogen-bond donors (Lipinski definition) is 2. The van der Waals surface area contributed by atoms with Gasteiger partial charge in [-0.3, -0.25) is 0 Å². The van der Waals surface area contributed by atoms with Crippen molar-refractivity contribution in [3.63, 3.8) is 0 Å². The van der Waals surface area contributed by atoms with E-state index < -0.39 is 23.6 Å². The quantitative estimate of drug-likeness (QED) is 0.424. The van der Waals surface area contributed by atoms with E-state index in [2.05, 4.69) is 22.8 Å². The summed E-state index contributed by atoms with van der Waals surface area (Å²) in [5.41, 5.74) is 0.401. The van der Waals surface area contributed by atoms with Gasteiger partial charge < -0.3 is 15.5 Å². The van der Waals surface area contributed by atoms with Gasteiger partial charge in [0.25, 0.3) is 0 Å². The molecule has 2 aromatic rings. The minimum Gasteiger partial charge on any atom is -0.322 e. The third-order valence-corrected chi connectivity index (χ3v) is 8.74. The molecule has 3 aliphatic rings. The lowest BCUT2D eigenvalue weighted by molar-refractivity contribution is -0.139. The number of nitrogens with one attached hydrogen (secondary N) is 2. The Kier molecular flexibility index (Phi) is 7.36. The molecule has 0 aromatic heterocycles. The fourth-order valence-corrected chi connectivity index (χ4v) is 6.50. The highest BCUT2D eigenvalue weighted by molar-refractivity contribution is 5.89. The molecule has 3 fully saturated rings. The van der Waals surface area contributed by atoms with Gasteiger partial charge in [-0.05, 0) is 111 Å². The summed E-state index contributed by atoms with van der Waals surface area (Å²) in [5, 5.41) is 15.3. The third kappa shape index (κ3) is 5.51. The van der Waals surface area contributed by atoms with Gasteiger partial charge in [-0.25, -0.2) is 9.18 Å². The second-order valence-electron chi connectivity index (χ2n) is 11.0. The van der Waals surface area contributed by atoms with Crippen LogP contribution in [0.5, 0.6) is 0 Å². The first-order valence-corrected chi connectivity index (χ1v) is 13.4. The lowest BCUT2D eigenvalue weighted by atomic mass is 9.80. The molecule has 1 aliphatic heterocycles. The number of alkyl halides is 3. The minimum atomic E-state index is -4.85. The molecule has 0 unspecified atom stereocenters. The average Bonchev–Trinajstić information content (AvgIpc) is 3.65. The van der Waals surface area contributed by atoms with E-state index in [0.717, 1.165) is 64.1 Å². The normalized spacial score (nSPS) is 25.2. The van der Waals surface area contributed by atoms with Crippen LogP contribution >= 0.6 is 0 Å². The zero-order valence-corrected chi connectivity index (χ0v) is 21.2. The van der Waals surface area contributed by atoms with E-state index in [-0.39, 0.29) is 17.1 Å².